The summed E-state index contributed by atoms with van der Waals surface area (Å²) in [6.07, 6.45) is 1.46. The molecule has 1 amide bonds. The van der Waals surface area contributed by atoms with Crippen LogP contribution in [0.1, 0.15) is 23.2 Å². The highest BCUT2D eigenvalue weighted by atomic mass is 35.5. The summed E-state index contributed by atoms with van der Waals surface area (Å²) in [4.78, 5) is 12.5. The first-order valence-electron chi connectivity index (χ1n) is 8.17. The van der Waals surface area contributed by atoms with Gasteiger partial charge in [-0.25, -0.2) is 8.42 Å². The fourth-order valence-electron chi connectivity index (χ4n) is 2.86. The number of benzene rings is 2. The Kier molecular flexibility index (Phi) is 5.38. The van der Waals surface area contributed by atoms with Gasteiger partial charge < -0.3 is 10.1 Å². The van der Waals surface area contributed by atoms with E-state index in [1.807, 2.05) is 0 Å². The van der Waals surface area contributed by atoms with Gasteiger partial charge in [0.1, 0.15) is 5.75 Å². The maximum Gasteiger partial charge on any atom is 0.257 e. The van der Waals surface area contributed by atoms with Gasteiger partial charge in [-0.1, -0.05) is 23.7 Å². The number of anilines is 2. The Morgan fingerprint density at radius 1 is 1.19 bits per heavy atom. The van der Waals surface area contributed by atoms with Crippen LogP contribution in [0.25, 0.3) is 0 Å². The number of ether oxygens (including phenoxy) is 1. The molecule has 1 heterocycles. The van der Waals surface area contributed by atoms with E-state index >= 15 is 0 Å². The van der Waals surface area contributed by atoms with Crippen molar-refractivity contribution in [1.82, 2.24) is 0 Å². The van der Waals surface area contributed by atoms with Crippen LogP contribution in [-0.4, -0.2) is 33.7 Å². The van der Waals surface area contributed by atoms with Crippen LogP contribution in [0.5, 0.6) is 5.75 Å². The van der Waals surface area contributed by atoms with Gasteiger partial charge in [0.2, 0.25) is 10.0 Å². The van der Waals surface area contributed by atoms with Crippen molar-refractivity contribution in [2.24, 2.45) is 0 Å². The zero-order valence-corrected chi connectivity index (χ0v) is 15.8. The molecular formula is C18H19ClN2O4S. The van der Waals surface area contributed by atoms with E-state index in [-0.39, 0.29) is 16.3 Å². The average molecular weight is 395 g/mol. The first-order valence-corrected chi connectivity index (χ1v) is 10.2. The predicted molar refractivity (Wildman–Crippen MR) is 103 cm³/mol. The lowest BCUT2D eigenvalue weighted by atomic mass is 10.1. The van der Waals surface area contributed by atoms with E-state index in [1.165, 1.54) is 23.5 Å². The van der Waals surface area contributed by atoms with Crippen molar-refractivity contribution in [2.75, 3.05) is 29.0 Å². The van der Waals surface area contributed by atoms with E-state index in [1.54, 1.807) is 30.3 Å². The summed E-state index contributed by atoms with van der Waals surface area (Å²) in [6, 6.07) is 11.7. The lowest BCUT2D eigenvalue weighted by Gasteiger charge is -2.28. The third-order valence-corrected chi connectivity index (χ3v) is 6.37. The highest BCUT2D eigenvalue weighted by molar-refractivity contribution is 7.92. The molecule has 3 rings (SSSR count). The van der Waals surface area contributed by atoms with Gasteiger partial charge >= 0.3 is 0 Å². The molecule has 0 spiro atoms. The zero-order valence-electron chi connectivity index (χ0n) is 14.2. The van der Waals surface area contributed by atoms with Gasteiger partial charge in [0, 0.05) is 6.54 Å². The second-order valence-electron chi connectivity index (χ2n) is 5.91. The summed E-state index contributed by atoms with van der Waals surface area (Å²) in [5, 5.41) is 2.94. The van der Waals surface area contributed by atoms with E-state index in [4.69, 9.17) is 16.3 Å². The molecule has 138 valence electrons. The molecule has 0 bridgehead atoms. The van der Waals surface area contributed by atoms with Crippen molar-refractivity contribution in [3.63, 3.8) is 0 Å². The van der Waals surface area contributed by atoms with E-state index in [0.29, 0.717) is 30.1 Å². The molecule has 0 unspecified atom stereocenters. The molecule has 0 atom stereocenters. The standard InChI is InChI=1S/C18H19ClN2O4S/c1-25-17-7-3-2-6-16(17)20-18(22)14-9-8-13(12-15(14)19)21-10-4-5-11-26(21,23)24/h2-3,6-9,12H,4-5,10-11H2,1H3,(H,20,22). The van der Waals surface area contributed by atoms with Crippen LogP contribution in [-0.2, 0) is 10.0 Å². The molecule has 2 aromatic rings. The first kappa shape index (κ1) is 18.5. The van der Waals surface area contributed by atoms with Gasteiger partial charge in [-0.15, -0.1) is 0 Å². The van der Waals surface area contributed by atoms with Gasteiger partial charge in [0.15, 0.2) is 0 Å². The van der Waals surface area contributed by atoms with E-state index in [2.05, 4.69) is 5.32 Å². The lowest BCUT2D eigenvalue weighted by Crippen LogP contribution is -2.37. The summed E-state index contributed by atoms with van der Waals surface area (Å²) >= 11 is 6.26. The molecule has 0 radical (unpaired) electrons. The fraction of sp³-hybridized carbons (Fsp3) is 0.278. The molecule has 0 aromatic heterocycles. The highest BCUT2D eigenvalue weighted by Gasteiger charge is 2.26. The number of carbonyl (C=O) groups excluding carboxylic acids is 1. The number of amides is 1. The van der Waals surface area contributed by atoms with Crippen molar-refractivity contribution in [3.05, 3.63) is 53.1 Å². The summed E-state index contributed by atoms with van der Waals surface area (Å²) in [5.41, 5.74) is 1.26. The molecule has 1 N–H and O–H groups in total. The molecule has 1 saturated heterocycles. The minimum absolute atomic E-state index is 0.126. The predicted octanol–water partition coefficient (Wildman–Crippen LogP) is 3.53. The van der Waals surface area contributed by atoms with Crippen LogP contribution in [0.3, 0.4) is 0 Å². The number of sulfonamides is 1. The van der Waals surface area contributed by atoms with Crippen molar-refractivity contribution >= 4 is 38.9 Å². The summed E-state index contributed by atoms with van der Waals surface area (Å²) in [7, 11) is -1.81. The Labute approximate surface area is 157 Å². The van der Waals surface area contributed by atoms with Gasteiger partial charge in [-0.05, 0) is 43.2 Å². The minimum atomic E-state index is -3.33. The van der Waals surface area contributed by atoms with Crippen LogP contribution in [0, 0.1) is 0 Å². The van der Waals surface area contributed by atoms with Crippen LogP contribution in [0.15, 0.2) is 42.5 Å². The van der Waals surface area contributed by atoms with Crippen LogP contribution in [0.2, 0.25) is 5.02 Å². The first-order chi connectivity index (χ1) is 12.4. The second kappa shape index (κ2) is 7.55. The number of nitrogens with one attached hydrogen (secondary N) is 1. The quantitative estimate of drug-likeness (QED) is 0.860. The number of carbonyl (C=O) groups is 1. The molecule has 0 aliphatic carbocycles. The molecule has 6 nitrogen and oxygen atoms in total. The third-order valence-electron chi connectivity index (χ3n) is 4.19. The van der Waals surface area contributed by atoms with Crippen molar-refractivity contribution in [1.29, 1.82) is 0 Å². The maximum atomic E-state index is 12.5. The third kappa shape index (κ3) is 3.78. The number of methoxy groups -OCH3 is 1. The van der Waals surface area contributed by atoms with E-state index in [0.717, 1.165) is 6.42 Å². The highest BCUT2D eigenvalue weighted by Crippen LogP contribution is 2.30. The maximum absolute atomic E-state index is 12.5. The molecule has 1 aliphatic heterocycles. The van der Waals surface area contributed by atoms with Gasteiger partial charge in [0.05, 0.1) is 34.8 Å². The van der Waals surface area contributed by atoms with Crippen LogP contribution < -0.4 is 14.4 Å². The summed E-state index contributed by atoms with van der Waals surface area (Å²) in [5.74, 6) is 0.265. The molecule has 0 saturated carbocycles. The SMILES string of the molecule is COc1ccccc1NC(=O)c1ccc(N2CCCCS2(=O)=O)cc1Cl. The Balaban J connectivity index is 1.84. The van der Waals surface area contributed by atoms with E-state index < -0.39 is 15.9 Å². The van der Waals surface area contributed by atoms with Crippen molar-refractivity contribution in [2.45, 2.75) is 12.8 Å². The molecular weight excluding hydrogens is 376 g/mol. The normalized spacial score (nSPS) is 16.2. The molecule has 26 heavy (non-hydrogen) atoms. The second-order valence-corrected chi connectivity index (χ2v) is 8.33. The molecule has 1 aliphatic rings. The number of hydrogen-bond acceptors (Lipinski definition) is 4. The topological polar surface area (TPSA) is 75.7 Å². The molecule has 1 fully saturated rings. The van der Waals surface area contributed by atoms with Crippen LogP contribution in [0.4, 0.5) is 11.4 Å². The van der Waals surface area contributed by atoms with Crippen LogP contribution >= 0.6 is 11.6 Å². The average Bonchev–Trinajstić information content (AvgIpc) is 2.61. The molecule has 2 aromatic carbocycles. The molecule has 8 heteroatoms. The number of para-hydroxylation sites is 2. The summed E-state index contributed by atoms with van der Waals surface area (Å²) in [6.45, 7) is 0.422. The lowest BCUT2D eigenvalue weighted by molar-refractivity contribution is 0.102. The van der Waals surface area contributed by atoms with Gasteiger partial charge in [0.25, 0.3) is 5.91 Å². The minimum Gasteiger partial charge on any atom is -0.495 e. The smallest absolute Gasteiger partial charge is 0.257 e. The fourth-order valence-corrected chi connectivity index (χ4v) is 4.75. The van der Waals surface area contributed by atoms with Gasteiger partial charge in [-0.3, -0.25) is 9.10 Å². The monoisotopic (exact) mass is 394 g/mol. The Hall–Kier alpha value is -2.25. The number of halogens is 1. The zero-order chi connectivity index (χ0) is 18.7. The Morgan fingerprint density at radius 3 is 2.65 bits per heavy atom. The van der Waals surface area contributed by atoms with Gasteiger partial charge in [-0.2, -0.15) is 0 Å². The number of rotatable bonds is 4. The Bertz CT molecular complexity index is 931. The summed E-state index contributed by atoms with van der Waals surface area (Å²) < 4.78 is 31.0. The number of hydrogen-bond donors (Lipinski definition) is 1. The van der Waals surface area contributed by atoms with E-state index in [9.17, 15) is 13.2 Å². The largest absolute Gasteiger partial charge is 0.495 e. The van der Waals surface area contributed by atoms with Crippen molar-refractivity contribution < 1.29 is 17.9 Å². The Morgan fingerprint density at radius 2 is 1.96 bits per heavy atom. The number of nitrogens with zero attached hydrogens (tertiary/aromatic N) is 1. The van der Waals surface area contributed by atoms with Crippen molar-refractivity contribution in [3.8, 4) is 5.75 Å².